The minimum absolute atomic E-state index is 0.730. The molecule has 0 aliphatic carbocycles. The molecule has 0 bridgehead atoms. The highest BCUT2D eigenvalue weighted by Crippen LogP contribution is 2.34. The summed E-state index contributed by atoms with van der Waals surface area (Å²) in [7, 11) is 0. The van der Waals surface area contributed by atoms with Gasteiger partial charge in [0, 0.05) is 21.0 Å². The maximum Gasteiger partial charge on any atom is 0.139 e. The fraction of sp³-hybridized carbons (Fsp3) is 0.267. The van der Waals surface area contributed by atoms with E-state index in [0.29, 0.717) is 0 Å². The summed E-state index contributed by atoms with van der Waals surface area (Å²) in [6.45, 7) is 8.38. The summed E-state index contributed by atoms with van der Waals surface area (Å²) >= 11 is 1.79. The molecular formula is C15H17N3S. The molecule has 0 aliphatic rings. The van der Waals surface area contributed by atoms with Crippen LogP contribution in [0.3, 0.4) is 0 Å². The van der Waals surface area contributed by atoms with Crippen LogP contribution in [-0.4, -0.2) is 9.38 Å². The Labute approximate surface area is 116 Å². The number of aromatic nitrogens is 2. The number of anilines is 1. The summed E-state index contributed by atoms with van der Waals surface area (Å²) in [5, 5.41) is 0. The number of hydrogen-bond acceptors (Lipinski definition) is 3. The fourth-order valence-electron chi connectivity index (χ4n) is 2.62. The number of rotatable bonds is 1. The lowest BCUT2D eigenvalue weighted by Gasteiger charge is -2.03. The Hall–Kier alpha value is -1.81. The van der Waals surface area contributed by atoms with Gasteiger partial charge < -0.3 is 5.73 Å². The molecular weight excluding hydrogens is 254 g/mol. The Morgan fingerprint density at radius 2 is 1.84 bits per heavy atom. The van der Waals surface area contributed by atoms with E-state index in [1.165, 1.54) is 15.3 Å². The molecule has 0 atom stereocenters. The maximum absolute atomic E-state index is 6.31. The first-order valence-electron chi connectivity index (χ1n) is 6.30. The third kappa shape index (κ3) is 1.83. The van der Waals surface area contributed by atoms with Crippen LogP contribution >= 0.6 is 11.3 Å². The van der Waals surface area contributed by atoms with Gasteiger partial charge in [-0.3, -0.25) is 4.40 Å². The average Bonchev–Trinajstić information content (AvgIpc) is 2.79. The molecule has 0 fully saturated rings. The zero-order valence-electron chi connectivity index (χ0n) is 11.6. The molecule has 3 rings (SSSR count). The molecule has 19 heavy (non-hydrogen) atoms. The van der Waals surface area contributed by atoms with Crippen LogP contribution in [0, 0.1) is 27.7 Å². The van der Waals surface area contributed by atoms with Gasteiger partial charge in [-0.2, -0.15) is 0 Å². The van der Waals surface area contributed by atoms with Gasteiger partial charge in [-0.15, -0.1) is 11.3 Å². The Morgan fingerprint density at radius 1 is 1.11 bits per heavy atom. The number of nitrogen functional groups attached to an aromatic ring is 1. The number of nitrogens with two attached hydrogens (primary N) is 1. The topological polar surface area (TPSA) is 43.3 Å². The molecule has 0 amide bonds. The quantitative estimate of drug-likeness (QED) is 0.730. The highest BCUT2D eigenvalue weighted by Gasteiger charge is 2.16. The minimum atomic E-state index is 0.730. The standard InChI is InChI=1S/C15H17N3S/c1-8-5-9(2)18-13(6-8)17-14(15(18)16)12-7-10(3)19-11(12)4/h5-7H,16H2,1-4H3. The van der Waals surface area contributed by atoms with E-state index in [1.54, 1.807) is 11.3 Å². The second-order valence-corrected chi connectivity index (χ2v) is 6.50. The first-order valence-corrected chi connectivity index (χ1v) is 7.11. The van der Waals surface area contributed by atoms with Crippen LogP contribution in [0.2, 0.25) is 0 Å². The summed E-state index contributed by atoms with van der Waals surface area (Å²) < 4.78 is 2.02. The van der Waals surface area contributed by atoms with E-state index in [1.807, 2.05) is 4.40 Å². The van der Waals surface area contributed by atoms with E-state index in [0.717, 1.165) is 28.4 Å². The van der Waals surface area contributed by atoms with Crippen LogP contribution in [0.15, 0.2) is 18.2 Å². The van der Waals surface area contributed by atoms with Gasteiger partial charge in [0.25, 0.3) is 0 Å². The molecule has 2 N–H and O–H groups in total. The number of nitrogens with zero attached hydrogens (tertiary/aromatic N) is 2. The van der Waals surface area contributed by atoms with Gasteiger partial charge in [0.1, 0.15) is 17.2 Å². The van der Waals surface area contributed by atoms with Crippen molar-refractivity contribution in [1.29, 1.82) is 0 Å². The van der Waals surface area contributed by atoms with Crippen LogP contribution in [0.5, 0.6) is 0 Å². The van der Waals surface area contributed by atoms with Gasteiger partial charge in [0.15, 0.2) is 0 Å². The summed E-state index contributed by atoms with van der Waals surface area (Å²) in [6, 6.07) is 6.36. The van der Waals surface area contributed by atoms with E-state index in [4.69, 9.17) is 10.7 Å². The molecule has 0 aliphatic heterocycles. The molecule has 0 spiro atoms. The predicted octanol–water partition coefficient (Wildman–Crippen LogP) is 3.88. The molecule has 3 aromatic rings. The largest absolute Gasteiger partial charge is 0.383 e. The summed E-state index contributed by atoms with van der Waals surface area (Å²) in [4.78, 5) is 7.28. The van der Waals surface area contributed by atoms with Gasteiger partial charge in [-0.1, -0.05) is 0 Å². The van der Waals surface area contributed by atoms with Crippen molar-refractivity contribution in [2.24, 2.45) is 0 Å². The highest BCUT2D eigenvalue weighted by atomic mass is 32.1. The maximum atomic E-state index is 6.31. The SMILES string of the molecule is Cc1cc(C)n2c(N)c(-c3cc(C)sc3C)nc2c1. The van der Waals surface area contributed by atoms with Crippen LogP contribution in [0.4, 0.5) is 5.82 Å². The van der Waals surface area contributed by atoms with Crippen LogP contribution in [0.25, 0.3) is 16.9 Å². The predicted molar refractivity (Wildman–Crippen MR) is 81.9 cm³/mol. The van der Waals surface area contributed by atoms with Crippen molar-refractivity contribution in [3.05, 3.63) is 39.2 Å². The summed E-state index contributed by atoms with van der Waals surface area (Å²) in [6.07, 6.45) is 0. The lowest BCUT2D eigenvalue weighted by atomic mass is 10.2. The van der Waals surface area contributed by atoms with Crippen LogP contribution in [0.1, 0.15) is 21.0 Å². The Morgan fingerprint density at radius 3 is 2.47 bits per heavy atom. The molecule has 0 unspecified atom stereocenters. The normalized spacial score (nSPS) is 11.4. The molecule has 0 saturated carbocycles. The van der Waals surface area contributed by atoms with Gasteiger partial charge in [-0.05, 0) is 51.5 Å². The van der Waals surface area contributed by atoms with Crippen molar-refractivity contribution in [1.82, 2.24) is 9.38 Å². The lowest BCUT2D eigenvalue weighted by molar-refractivity contribution is 1.09. The van der Waals surface area contributed by atoms with Crippen molar-refractivity contribution in [3.63, 3.8) is 0 Å². The summed E-state index contributed by atoms with van der Waals surface area (Å²) in [5.74, 6) is 0.730. The number of thiophene rings is 1. The molecule has 0 saturated heterocycles. The van der Waals surface area contributed by atoms with Gasteiger partial charge in [-0.25, -0.2) is 4.98 Å². The van der Waals surface area contributed by atoms with Crippen molar-refractivity contribution < 1.29 is 0 Å². The van der Waals surface area contributed by atoms with Crippen LogP contribution in [-0.2, 0) is 0 Å². The van der Waals surface area contributed by atoms with E-state index in [2.05, 4.69) is 45.9 Å². The van der Waals surface area contributed by atoms with Crippen molar-refractivity contribution in [2.45, 2.75) is 27.7 Å². The summed E-state index contributed by atoms with van der Waals surface area (Å²) in [5.41, 5.74) is 11.6. The Balaban J connectivity index is 2.34. The molecule has 3 heterocycles. The molecule has 3 aromatic heterocycles. The van der Waals surface area contributed by atoms with Crippen molar-refractivity contribution in [3.8, 4) is 11.3 Å². The third-order valence-corrected chi connectivity index (χ3v) is 4.35. The Bertz CT molecular complexity index is 780. The fourth-order valence-corrected chi connectivity index (χ4v) is 3.55. The zero-order chi connectivity index (χ0) is 13.7. The molecule has 0 radical (unpaired) electrons. The minimum Gasteiger partial charge on any atom is -0.383 e. The van der Waals surface area contributed by atoms with E-state index in [-0.39, 0.29) is 0 Å². The first kappa shape index (κ1) is 12.2. The molecule has 98 valence electrons. The van der Waals surface area contributed by atoms with E-state index < -0.39 is 0 Å². The second-order valence-electron chi connectivity index (χ2n) is 5.04. The number of pyridine rings is 1. The van der Waals surface area contributed by atoms with E-state index >= 15 is 0 Å². The highest BCUT2D eigenvalue weighted by molar-refractivity contribution is 7.12. The van der Waals surface area contributed by atoms with Crippen molar-refractivity contribution >= 4 is 22.8 Å². The number of fused-ring (bicyclic) bond motifs is 1. The van der Waals surface area contributed by atoms with Gasteiger partial charge in [0.2, 0.25) is 0 Å². The first-order chi connectivity index (χ1) is 8.97. The molecule has 3 nitrogen and oxygen atoms in total. The van der Waals surface area contributed by atoms with E-state index in [9.17, 15) is 0 Å². The molecule has 0 aromatic carbocycles. The second kappa shape index (κ2) is 4.10. The van der Waals surface area contributed by atoms with Crippen LogP contribution < -0.4 is 5.73 Å². The van der Waals surface area contributed by atoms with Crippen molar-refractivity contribution in [2.75, 3.05) is 5.73 Å². The zero-order valence-corrected chi connectivity index (χ0v) is 12.4. The average molecular weight is 271 g/mol. The third-order valence-electron chi connectivity index (χ3n) is 3.38. The lowest BCUT2D eigenvalue weighted by Crippen LogP contribution is -1.98. The monoisotopic (exact) mass is 271 g/mol. The smallest absolute Gasteiger partial charge is 0.139 e. The number of aryl methyl sites for hydroxylation is 4. The number of imidazole rings is 1. The van der Waals surface area contributed by atoms with Gasteiger partial charge in [0.05, 0.1) is 0 Å². The molecule has 4 heteroatoms. The Kier molecular flexibility index (Phi) is 2.64. The number of hydrogen-bond donors (Lipinski definition) is 1. The van der Waals surface area contributed by atoms with Gasteiger partial charge >= 0.3 is 0 Å².